The smallest absolute Gasteiger partial charge is 0.333 e. The summed E-state index contributed by atoms with van der Waals surface area (Å²) in [4.78, 5) is 11.3. The van der Waals surface area contributed by atoms with Gasteiger partial charge in [0.25, 0.3) is 0 Å². The zero-order chi connectivity index (χ0) is 23.9. The average Bonchev–Trinajstić information content (AvgIpc) is 3.16. The Morgan fingerprint density at radius 2 is 1.59 bits per heavy atom. The number of ether oxygens (including phenoxy) is 3. The molecule has 0 radical (unpaired) electrons. The fourth-order valence-electron chi connectivity index (χ4n) is 4.18. The normalized spacial score (nSPS) is 13.9. The van der Waals surface area contributed by atoms with Gasteiger partial charge in [-0.15, -0.1) is 0 Å². The van der Waals surface area contributed by atoms with Crippen molar-refractivity contribution in [2.45, 2.75) is 32.8 Å². The van der Waals surface area contributed by atoms with Crippen molar-refractivity contribution < 1.29 is 24.1 Å². The maximum atomic E-state index is 11.3. The standard InChI is InChI=1S/C29H30O5/c1-3-16-33-22-13-14-25-26(23-7-5-6-8-24(23)27(25)19-22)15-17-34-21-11-9-20(10-12-21)18-28(29(30)31)32-4-2/h5-15,19,28H,3-4,16-18H2,1-2H3,(H,30,31)/b26-15+. The van der Waals surface area contributed by atoms with Crippen molar-refractivity contribution in [2.24, 2.45) is 0 Å². The molecule has 0 bridgehead atoms. The summed E-state index contributed by atoms with van der Waals surface area (Å²) in [6.45, 7) is 5.39. The lowest BCUT2D eigenvalue weighted by atomic mass is 10.0. The SMILES string of the molecule is CCCOc1ccc2c(c1)-c1ccccc1/C2=C\COc1ccc(CC(OCC)C(=O)O)cc1. The van der Waals surface area contributed by atoms with Crippen LogP contribution in [0.1, 0.15) is 37.0 Å². The van der Waals surface area contributed by atoms with Gasteiger partial charge in [0.15, 0.2) is 6.10 Å². The maximum absolute atomic E-state index is 11.3. The van der Waals surface area contributed by atoms with Gasteiger partial charge in [-0.2, -0.15) is 0 Å². The largest absolute Gasteiger partial charge is 0.494 e. The summed E-state index contributed by atoms with van der Waals surface area (Å²) in [5.74, 6) is 0.677. The molecule has 1 atom stereocenters. The number of hydrogen-bond acceptors (Lipinski definition) is 4. The van der Waals surface area contributed by atoms with Crippen molar-refractivity contribution in [3.8, 4) is 22.6 Å². The summed E-state index contributed by atoms with van der Waals surface area (Å²) in [6.07, 6.45) is 2.58. The molecule has 3 aromatic carbocycles. The predicted octanol–water partition coefficient (Wildman–Crippen LogP) is 6.00. The number of benzene rings is 3. The maximum Gasteiger partial charge on any atom is 0.333 e. The van der Waals surface area contributed by atoms with Gasteiger partial charge in [0.05, 0.1) is 6.61 Å². The topological polar surface area (TPSA) is 65.0 Å². The van der Waals surface area contributed by atoms with Gasteiger partial charge in [0, 0.05) is 13.0 Å². The molecular formula is C29H30O5. The molecule has 5 nitrogen and oxygen atoms in total. The Hall–Kier alpha value is -3.57. The summed E-state index contributed by atoms with van der Waals surface area (Å²) in [6, 6.07) is 22.2. The molecule has 0 aliphatic heterocycles. The van der Waals surface area contributed by atoms with Crippen LogP contribution in [-0.4, -0.2) is 37.0 Å². The molecule has 0 aromatic heterocycles. The molecule has 1 N–H and O–H groups in total. The molecule has 0 saturated heterocycles. The summed E-state index contributed by atoms with van der Waals surface area (Å²) in [5.41, 5.74) is 6.82. The van der Waals surface area contributed by atoms with Gasteiger partial charge in [-0.3, -0.25) is 0 Å². The van der Waals surface area contributed by atoms with Gasteiger partial charge in [0.2, 0.25) is 0 Å². The molecule has 0 fully saturated rings. The van der Waals surface area contributed by atoms with Crippen LogP contribution in [0.5, 0.6) is 11.5 Å². The lowest BCUT2D eigenvalue weighted by molar-refractivity contribution is -0.149. The molecule has 1 aliphatic carbocycles. The number of aliphatic carboxylic acids is 1. The van der Waals surface area contributed by atoms with Gasteiger partial charge in [-0.05, 0) is 77.1 Å². The van der Waals surface area contributed by atoms with Crippen molar-refractivity contribution in [3.05, 3.63) is 89.5 Å². The molecule has 4 rings (SSSR count). The van der Waals surface area contributed by atoms with Crippen LogP contribution in [0, 0.1) is 0 Å². The van der Waals surface area contributed by atoms with E-state index in [0.29, 0.717) is 26.2 Å². The zero-order valence-electron chi connectivity index (χ0n) is 19.6. The third kappa shape index (κ3) is 5.32. The monoisotopic (exact) mass is 458 g/mol. The van der Waals surface area contributed by atoms with Crippen LogP contribution in [0.25, 0.3) is 16.7 Å². The Morgan fingerprint density at radius 3 is 2.29 bits per heavy atom. The Kier molecular flexibility index (Phi) is 7.65. The summed E-state index contributed by atoms with van der Waals surface area (Å²) < 4.78 is 17.1. The molecule has 0 heterocycles. The van der Waals surface area contributed by atoms with E-state index < -0.39 is 12.1 Å². The van der Waals surface area contributed by atoms with Gasteiger partial charge in [-0.1, -0.05) is 49.4 Å². The first kappa shape index (κ1) is 23.6. The predicted molar refractivity (Wildman–Crippen MR) is 133 cm³/mol. The van der Waals surface area contributed by atoms with Crippen LogP contribution >= 0.6 is 0 Å². The Labute approximate surface area is 200 Å². The van der Waals surface area contributed by atoms with Gasteiger partial charge >= 0.3 is 5.97 Å². The number of fused-ring (bicyclic) bond motifs is 3. The first-order chi connectivity index (χ1) is 16.6. The summed E-state index contributed by atoms with van der Waals surface area (Å²) in [5, 5.41) is 9.27. The minimum absolute atomic E-state index is 0.324. The van der Waals surface area contributed by atoms with Crippen molar-refractivity contribution >= 4 is 11.5 Å². The number of carboxylic acids is 1. The fraction of sp³-hybridized carbons (Fsp3) is 0.276. The van der Waals surface area contributed by atoms with E-state index in [-0.39, 0.29) is 0 Å². The van der Waals surface area contributed by atoms with Crippen LogP contribution in [-0.2, 0) is 16.0 Å². The second kappa shape index (κ2) is 11.0. The summed E-state index contributed by atoms with van der Waals surface area (Å²) >= 11 is 0. The fourth-order valence-corrected chi connectivity index (χ4v) is 4.18. The van der Waals surface area contributed by atoms with Gasteiger partial charge < -0.3 is 19.3 Å². The first-order valence-corrected chi connectivity index (χ1v) is 11.7. The highest BCUT2D eigenvalue weighted by Gasteiger charge is 2.23. The molecule has 0 saturated carbocycles. The van der Waals surface area contributed by atoms with Crippen LogP contribution in [0.3, 0.4) is 0 Å². The molecule has 0 amide bonds. The van der Waals surface area contributed by atoms with E-state index in [9.17, 15) is 9.90 Å². The Bertz CT molecular complexity index is 1160. The van der Waals surface area contributed by atoms with Crippen molar-refractivity contribution in [1.29, 1.82) is 0 Å². The highest BCUT2D eigenvalue weighted by molar-refractivity contribution is 6.01. The second-order valence-corrected chi connectivity index (χ2v) is 8.16. The molecule has 3 aromatic rings. The molecule has 1 unspecified atom stereocenters. The van der Waals surface area contributed by atoms with Crippen molar-refractivity contribution in [2.75, 3.05) is 19.8 Å². The quantitative estimate of drug-likeness (QED) is 0.299. The Morgan fingerprint density at radius 1 is 0.882 bits per heavy atom. The third-order valence-electron chi connectivity index (χ3n) is 5.79. The highest BCUT2D eigenvalue weighted by Crippen LogP contribution is 2.45. The minimum atomic E-state index is -0.949. The van der Waals surface area contributed by atoms with Crippen LogP contribution in [0.4, 0.5) is 0 Å². The van der Waals surface area contributed by atoms with E-state index in [1.807, 2.05) is 30.3 Å². The first-order valence-electron chi connectivity index (χ1n) is 11.7. The van der Waals surface area contributed by atoms with Crippen molar-refractivity contribution in [3.63, 3.8) is 0 Å². The molecule has 5 heteroatoms. The van der Waals surface area contributed by atoms with Crippen LogP contribution in [0.2, 0.25) is 0 Å². The molecule has 176 valence electrons. The van der Waals surface area contributed by atoms with E-state index in [4.69, 9.17) is 14.2 Å². The lowest BCUT2D eigenvalue weighted by Gasteiger charge is -2.12. The van der Waals surface area contributed by atoms with E-state index in [1.165, 1.54) is 22.3 Å². The van der Waals surface area contributed by atoms with Crippen LogP contribution < -0.4 is 9.47 Å². The van der Waals surface area contributed by atoms with E-state index in [2.05, 4.69) is 49.4 Å². The number of carboxylic acid groups (broad SMARTS) is 1. The van der Waals surface area contributed by atoms with E-state index in [0.717, 1.165) is 29.1 Å². The zero-order valence-corrected chi connectivity index (χ0v) is 19.6. The lowest BCUT2D eigenvalue weighted by Crippen LogP contribution is -2.26. The molecule has 0 spiro atoms. The molecule has 34 heavy (non-hydrogen) atoms. The number of rotatable bonds is 11. The number of hydrogen-bond donors (Lipinski definition) is 1. The molecule has 1 aliphatic rings. The van der Waals surface area contributed by atoms with Gasteiger partial charge in [0.1, 0.15) is 18.1 Å². The number of carbonyl (C=O) groups is 1. The van der Waals surface area contributed by atoms with Crippen molar-refractivity contribution in [1.82, 2.24) is 0 Å². The van der Waals surface area contributed by atoms with Crippen LogP contribution in [0.15, 0.2) is 72.8 Å². The molecular weight excluding hydrogens is 428 g/mol. The highest BCUT2D eigenvalue weighted by atomic mass is 16.5. The van der Waals surface area contributed by atoms with Gasteiger partial charge in [-0.25, -0.2) is 4.79 Å². The third-order valence-corrected chi connectivity index (χ3v) is 5.79. The van der Waals surface area contributed by atoms with E-state index >= 15 is 0 Å². The summed E-state index contributed by atoms with van der Waals surface area (Å²) in [7, 11) is 0. The minimum Gasteiger partial charge on any atom is -0.494 e. The second-order valence-electron chi connectivity index (χ2n) is 8.16. The average molecular weight is 459 g/mol. The Balaban J connectivity index is 1.47. The van der Waals surface area contributed by atoms with E-state index in [1.54, 1.807) is 6.92 Å².